The van der Waals surface area contributed by atoms with Crippen molar-refractivity contribution in [3.05, 3.63) is 52.5 Å². The van der Waals surface area contributed by atoms with Crippen LogP contribution in [-0.4, -0.2) is 12.9 Å². The van der Waals surface area contributed by atoms with Crippen molar-refractivity contribution in [1.82, 2.24) is 0 Å². The van der Waals surface area contributed by atoms with E-state index in [1.54, 1.807) is 25.8 Å². The van der Waals surface area contributed by atoms with Crippen molar-refractivity contribution >= 4 is 33.5 Å². The molecule has 98 valence electrons. The molecule has 2 rings (SSSR count). The fraction of sp³-hybridized carbons (Fsp3) is 0.133. The molecule has 0 fully saturated rings. The molecule has 0 bridgehead atoms. The molecular weight excluding hydrogens is 324 g/mol. The van der Waals surface area contributed by atoms with Crippen molar-refractivity contribution in [2.75, 3.05) is 7.11 Å². The molecule has 0 unspecified atom stereocenters. The van der Waals surface area contributed by atoms with Gasteiger partial charge in [0.25, 0.3) is 0 Å². The first kappa shape index (κ1) is 14.2. The maximum absolute atomic E-state index is 11.4. The molecule has 19 heavy (non-hydrogen) atoms. The summed E-state index contributed by atoms with van der Waals surface area (Å²) < 4.78 is 5.96. The van der Waals surface area contributed by atoms with E-state index in [0.717, 1.165) is 20.0 Å². The number of ketones is 1. The minimum absolute atomic E-state index is 0.0628. The van der Waals surface area contributed by atoms with Gasteiger partial charge in [0.05, 0.1) is 7.11 Å². The molecule has 0 N–H and O–H groups in total. The van der Waals surface area contributed by atoms with E-state index in [1.165, 1.54) is 0 Å². The van der Waals surface area contributed by atoms with Crippen molar-refractivity contribution in [3.63, 3.8) is 0 Å². The molecule has 2 nitrogen and oxygen atoms in total. The predicted octanol–water partition coefficient (Wildman–Crippen LogP) is 4.81. The Balaban J connectivity index is 2.18. The number of rotatable bonds is 4. The normalized spacial score (nSPS) is 10.3. The van der Waals surface area contributed by atoms with Crippen LogP contribution in [0.2, 0.25) is 0 Å². The summed E-state index contributed by atoms with van der Waals surface area (Å²) in [5.41, 5.74) is 0.707. The fourth-order valence-electron chi connectivity index (χ4n) is 1.62. The molecule has 0 atom stereocenters. The predicted molar refractivity (Wildman–Crippen MR) is 81.3 cm³/mol. The van der Waals surface area contributed by atoms with E-state index in [0.29, 0.717) is 5.56 Å². The zero-order valence-corrected chi connectivity index (χ0v) is 13.0. The maximum Gasteiger partial charge on any atom is 0.160 e. The number of methoxy groups -OCH3 is 1. The van der Waals surface area contributed by atoms with Crippen LogP contribution >= 0.6 is 27.7 Å². The third-order valence-electron chi connectivity index (χ3n) is 2.61. The number of carbonyl (C=O) groups is 1. The molecule has 0 radical (unpaired) electrons. The zero-order valence-electron chi connectivity index (χ0n) is 10.6. The summed E-state index contributed by atoms with van der Waals surface area (Å²) in [6.07, 6.45) is 0. The maximum atomic E-state index is 11.4. The Labute approximate surface area is 125 Å². The Bertz CT molecular complexity index is 594. The smallest absolute Gasteiger partial charge is 0.160 e. The van der Waals surface area contributed by atoms with Crippen LogP contribution in [0.15, 0.2) is 56.7 Å². The Morgan fingerprint density at radius 2 is 1.74 bits per heavy atom. The Hall–Kier alpha value is -1.26. The average molecular weight is 337 g/mol. The van der Waals surface area contributed by atoms with Gasteiger partial charge in [0.2, 0.25) is 0 Å². The van der Waals surface area contributed by atoms with Gasteiger partial charge in [-0.1, -0.05) is 27.7 Å². The van der Waals surface area contributed by atoms with Gasteiger partial charge in [-0.2, -0.15) is 0 Å². The summed E-state index contributed by atoms with van der Waals surface area (Å²) in [5, 5.41) is 0. The van der Waals surface area contributed by atoms with E-state index < -0.39 is 0 Å². The minimum Gasteiger partial charge on any atom is -0.497 e. The van der Waals surface area contributed by atoms with Crippen LogP contribution in [0.5, 0.6) is 5.75 Å². The third-order valence-corrected chi connectivity index (χ3v) is 4.27. The van der Waals surface area contributed by atoms with Gasteiger partial charge in [-0.25, -0.2) is 0 Å². The number of halogens is 1. The topological polar surface area (TPSA) is 26.3 Å². The van der Waals surface area contributed by atoms with Crippen molar-refractivity contribution in [2.24, 2.45) is 0 Å². The molecule has 0 saturated carbocycles. The van der Waals surface area contributed by atoms with Crippen molar-refractivity contribution in [2.45, 2.75) is 16.7 Å². The minimum atomic E-state index is 0.0628. The van der Waals surface area contributed by atoms with Crippen LogP contribution < -0.4 is 4.74 Å². The molecule has 2 aromatic carbocycles. The molecule has 0 aromatic heterocycles. The summed E-state index contributed by atoms with van der Waals surface area (Å²) >= 11 is 5.07. The number of carbonyl (C=O) groups excluding carboxylic acids is 1. The van der Waals surface area contributed by atoms with Crippen LogP contribution in [-0.2, 0) is 0 Å². The fourth-order valence-corrected chi connectivity index (χ4v) is 3.29. The van der Waals surface area contributed by atoms with E-state index >= 15 is 0 Å². The molecule has 0 saturated heterocycles. The number of hydrogen-bond donors (Lipinski definition) is 0. The quantitative estimate of drug-likeness (QED) is 0.749. The van der Waals surface area contributed by atoms with Gasteiger partial charge in [-0.05, 0) is 49.4 Å². The highest BCUT2D eigenvalue weighted by molar-refractivity contribution is 9.10. The van der Waals surface area contributed by atoms with E-state index in [4.69, 9.17) is 4.74 Å². The van der Waals surface area contributed by atoms with Gasteiger partial charge in [0.15, 0.2) is 5.78 Å². The molecule has 2 aromatic rings. The third kappa shape index (κ3) is 3.61. The van der Waals surface area contributed by atoms with E-state index in [2.05, 4.69) is 15.9 Å². The van der Waals surface area contributed by atoms with E-state index in [1.807, 2.05) is 42.5 Å². The lowest BCUT2D eigenvalue weighted by Gasteiger charge is -2.06. The van der Waals surface area contributed by atoms with Gasteiger partial charge in [-0.3, -0.25) is 4.79 Å². The molecule has 0 aliphatic heterocycles. The second-order valence-electron chi connectivity index (χ2n) is 3.98. The monoisotopic (exact) mass is 336 g/mol. The molecule has 4 heteroatoms. The van der Waals surface area contributed by atoms with Gasteiger partial charge in [0.1, 0.15) is 5.75 Å². The van der Waals surface area contributed by atoms with E-state index in [9.17, 15) is 4.79 Å². The summed E-state index contributed by atoms with van der Waals surface area (Å²) in [6, 6.07) is 13.6. The van der Waals surface area contributed by atoms with Crippen LogP contribution in [0, 0.1) is 0 Å². The van der Waals surface area contributed by atoms with Crippen molar-refractivity contribution in [3.8, 4) is 5.75 Å². The first-order valence-electron chi connectivity index (χ1n) is 5.72. The average Bonchev–Trinajstić information content (AvgIpc) is 2.39. The molecule has 0 amide bonds. The highest BCUT2D eigenvalue weighted by atomic mass is 79.9. The Morgan fingerprint density at radius 3 is 2.26 bits per heavy atom. The molecule has 0 spiro atoms. The SMILES string of the molecule is COc1ccc(Sc2ccc(C(C)=O)c(Br)c2)cc1. The van der Waals surface area contributed by atoms with Crippen LogP contribution in [0.1, 0.15) is 17.3 Å². The number of hydrogen-bond acceptors (Lipinski definition) is 3. The van der Waals surface area contributed by atoms with Gasteiger partial charge in [-0.15, -0.1) is 0 Å². The van der Waals surface area contributed by atoms with E-state index in [-0.39, 0.29) is 5.78 Å². The molecule has 0 aliphatic rings. The van der Waals surface area contributed by atoms with Crippen molar-refractivity contribution < 1.29 is 9.53 Å². The highest BCUT2D eigenvalue weighted by Crippen LogP contribution is 2.32. The number of benzene rings is 2. The lowest BCUT2D eigenvalue weighted by Crippen LogP contribution is -1.93. The van der Waals surface area contributed by atoms with Crippen LogP contribution in [0.3, 0.4) is 0 Å². The first-order valence-corrected chi connectivity index (χ1v) is 7.33. The lowest BCUT2D eigenvalue weighted by atomic mass is 10.2. The summed E-state index contributed by atoms with van der Waals surface area (Å²) in [6.45, 7) is 1.57. The van der Waals surface area contributed by atoms with Gasteiger partial charge >= 0.3 is 0 Å². The van der Waals surface area contributed by atoms with Crippen LogP contribution in [0.25, 0.3) is 0 Å². The second kappa shape index (κ2) is 6.26. The summed E-state index contributed by atoms with van der Waals surface area (Å²) in [4.78, 5) is 13.6. The zero-order chi connectivity index (χ0) is 13.8. The summed E-state index contributed by atoms with van der Waals surface area (Å²) in [5.74, 6) is 0.908. The molecule has 0 heterocycles. The number of ether oxygens (including phenoxy) is 1. The van der Waals surface area contributed by atoms with Crippen molar-refractivity contribution in [1.29, 1.82) is 0 Å². The standard InChI is InChI=1S/C15H13BrO2S/c1-10(17)14-8-7-13(9-15(14)16)19-12-5-3-11(18-2)4-6-12/h3-9H,1-2H3. The highest BCUT2D eigenvalue weighted by Gasteiger charge is 2.06. The molecule has 0 aliphatic carbocycles. The lowest BCUT2D eigenvalue weighted by molar-refractivity contribution is 0.101. The Kier molecular flexibility index (Phi) is 4.66. The largest absolute Gasteiger partial charge is 0.497 e. The second-order valence-corrected chi connectivity index (χ2v) is 5.98. The summed E-state index contributed by atoms with van der Waals surface area (Å²) in [7, 11) is 1.65. The Morgan fingerprint density at radius 1 is 1.11 bits per heavy atom. The number of Topliss-reactive ketones (excluding diaryl/α,β-unsaturated/α-hetero) is 1. The molecular formula is C15H13BrO2S. The van der Waals surface area contributed by atoms with Gasteiger partial charge in [0, 0.05) is 19.8 Å². The first-order chi connectivity index (χ1) is 9.10. The van der Waals surface area contributed by atoms with Crippen LogP contribution in [0.4, 0.5) is 0 Å². The van der Waals surface area contributed by atoms with Gasteiger partial charge < -0.3 is 4.74 Å².